The Morgan fingerprint density at radius 1 is 1.30 bits per heavy atom. The van der Waals surface area contributed by atoms with Crippen LogP contribution in [0, 0.1) is 12.7 Å². The molecule has 0 bridgehead atoms. The lowest BCUT2D eigenvalue weighted by atomic mass is 9.88. The predicted octanol–water partition coefficient (Wildman–Crippen LogP) is 3.03. The van der Waals surface area contributed by atoms with E-state index >= 15 is 0 Å². The van der Waals surface area contributed by atoms with Crippen LogP contribution in [0.4, 0.5) is 23.5 Å². The highest BCUT2D eigenvalue weighted by molar-refractivity contribution is 5.95. The van der Waals surface area contributed by atoms with Gasteiger partial charge in [-0.05, 0) is 25.8 Å². The number of ether oxygens (including phenoxy) is 1. The number of amides is 1. The number of aromatic nitrogens is 2. The highest BCUT2D eigenvalue weighted by Gasteiger charge is 2.45. The molecule has 1 amide bonds. The van der Waals surface area contributed by atoms with Gasteiger partial charge in [0.2, 0.25) is 5.95 Å². The molecular formula is C20H22F4N4O5. The van der Waals surface area contributed by atoms with Crippen LogP contribution in [0.5, 0.6) is 0 Å². The summed E-state index contributed by atoms with van der Waals surface area (Å²) in [4.78, 5) is 31.4. The van der Waals surface area contributed by atoms with Gasteiger partial charge in [0, 0.05) is 13.0 Å². The lowest BCUT2D eigenvalue weighted by molar-refractivity contribution is -0.192. The van der Waals surface area contributed by atoms with Crippen molar-refractivity contribution in [2.24, 2.45) is 0 Å². The van der Waals surface area contributed by atoms with E-state index in [2.05, 4.69) is 15.3 Å². The van der Waals surface area contributed by atoms with Crippen molar-refractivity contribution in [3.05, 3.63) is 41.9 Å². The summed E-state index contributed by atoms with van der Waals surface area (Å²) in [5.41, 5.74) is 0.248. The van der Waals surface area contributed by atoms with Gasteiger partial charge >= 0.3 is 12.1 Å². The van der Waals surface area contributed by atoms with E-state index in [1.807, 2.05) is 4.90 Å². The molecule has 4 heterocycles. The van der Waals surface area contributed by atoms with E-state index < -0.39 is 18.0 Å². The van der Waals surface area contributed by atoms with Gasteiger partial charge in [0.1, 0.15) is 5.76 Å². The number of hydrogen-bond donors (Lipinski definition) is 2. The van der Waals surface area contributed by atoms with E-state index in [0.29, 0.717) is 37.0 Å². The zero-order valence-electron chi connectivity index (χ0n) is 17.6. The highest BCUT2D eigenvalue weighted by atomic mass is 19.4. The highest BCUT2D eigenvalue weighted by Crippen LogP contribution is 2.36. The Hall–Kier alpha value is -3.22. The third-order valence-corrected chi connectivity index (χ3v) is 5.32. The Morgan fingerprint density at radius 2 is 1.97 bits per heavy atom. The number of anilines is 1. The van der Waals surface area contributed by atoms with Crippen LogP contribution in [0.1, 0.15) is 35.4 Å². The fourth-order valence-corrected chi connectivity index (χ4v) is 3.84. The summed E-state index contributed by atoms with van der Waals surface area (Å²) in [6.07, 6.45) is 1.27. The first kappa shape index (κ1) is 24.4. The monoisotopic (exact) mass is 474 g/mol. The summed E-state index contributed by atoms with van der Waals surface area (Å²) in [5, 5.41) is 10.3. The number of rotatable bonds is 3. The Morgan fingerprint density at radius 3 is 2.55 bits per heavy atom. The van der Waals surface area contributed by atoms with Gasteiger partial charge in [-0.2, -0.15) is 13.2 Å². The lowest BCUT2D eigenvalue weighted by Crippen LogP contribution is -2.50. The Bertz CT molecular complexity index is 982. The summed E-state index contributed by atoms with van der Waals surface area (Å²) in [7, 11) is 0. The fourth-order valence-electron chi connectivity index (χ4n) is 3.84. The molecule has 2 aliphatic heterocycles. The molecule has 180 valence electrons. The first-order valence-corrected chi connectivity index (χ1v) is 10.0. The average Bonchev–Trinajstić information content (AvgIpc) is 3.35. The summed E-state index contributed by atoms with van der Waals surface area (Å²) in [6, 6.07) is 1.75. The number of alkyl halides is 3. The summed E-state index contributed by atoms with van der Waals surface area (Å²) >= 11 is 0. The molecule has 2 aromatic rings. The molecule has 2 atom stereocenters. The van der Waals surface area contributed by atoms with E-state index in [9.17, 15) is 22.4 Å². The van der Waals surface area contributed by atoms with E-state index in [-0.39, 0.29) is 17.6 Å². The van der Waals surface area contributed by atoms with Crippen molar-refractivity contribution in [2.75, 3.05) is 25.0 Å². The predicted molar refractivity (Wildman–Crippen MR) is 105 cm³/mol. The molecule has 13 heteroatoms. The van der Waals surface area contributed by atoms with Crippen molar-refractivity contribution in [3.63, 3.8) is 0 Å². The quantitative estimate of drug-likeness (QED) is 0.652. The largest absolute Gasteiger partial charge is 0.490 e. The second-order valence-electron chi connectivity index (χ2n) is 7.79. The molecule has 0 aliphatic carbocycles. The van der Waals surface area contributed by atoms with Crippen molar-refractivity contribution in [1.82, 2.24) is 14.9 Å². The Labute approximate surface area is 185 Å². The van der Waals surface area contributed by atoms with E-state index in [4.69, 9.17) is 19.1 Å². The second-order valence-corrected chi connectivity index (χ2v) is 7.79. The number of furan rings is 1. The minimum absolute atomic E-state index is 0.0165. The number of likely N-dealkylation sites (tertiary alicyclic amines) is 1. The number of nitrogens with one attached hydrogen (secondary N) is 1. The molecule has 2 unspecified atom stereocenters. The lowest BCUT2D eigenvalue weighted by Gasteiger charge is -2.39. The molecule has 1 spiro atoms. The molecule has 33 heavy (non-hydrogen) atoms. The van der Waals surface area contributed by atoms with E-state index in [0.717, 1.165) is 31.7 Å². The SMILES string of the molecule is Cc1occc1C(=O)N1CCCC2(CC(Nc3ncc(F)cn3)CO2)C1.O=C(O)C(F)(F)F. The summed E-state index contributed by atoms with van der Waals surface area (Å²) < 4.78 is 56.0. The Balaban J connectivity index is 0.000000383. The third kappa shape index (κ3) is 6.18. The van der Waals surface area contributed by atoms with Crippen LogP contribution in [-0.4, -0.2) is 69.4 Å². The maximum Gasteiger partial charge on any atom is 0.490 e. The second kappa shape index (κ2) is 9.73. The third-order valence-electron chi connectivity index (χ3n) is 5.32. The maximum absolute atomic E-state index is 12.9. The van der Waals surface area contributed by atoms with Gasteiger partial charge in [-0.1, -0.05) is 0 Å². The molecule has 2 aromatic heterocycles. The first-order chi connectivity index (χ1) is 15.5. The molecule has 2 saturated heterocycles. The van der Waals surface area contributed by atoms with Crippen LogP contribution in [0.15, 0.2) is 29.1 Å². The normalized spacial score (nSPS) is 22.6. The Kier molecular flexibility index (Phi) is 7.20. The molecule has 0 saturated carbocycles. The standard InChI is InChI=1S/C18H21FN4O3.C2HF3O2/c1-12-15(3-6-25-12)16(24)23-5-2-4-18(11-23)7-14(10-26-18)22-17-20-8-13(19)9-21-17;3-2(4,5)1(6)7/h3,6,8-9,14H,2,4-5,7,10-11H2,1H3,(H,20,21,22);(H,6,7). The average molecular weight is 474 g/mol. The van der Waals surface area contributed by atoms with Crippen LogP contribution in [-0.2, 0) is 9.53 Å². The number of aliphatic carboxylic acids is 1. The number of hydrogen-bond acceptors (Lipinski definition) is 7. The minimum Gasteiger partial charge on any atom is -0.475 e. The first-order valence-electron chi connectivity index (χ1n) is 10.0. The number of halogens is 4. The van der Waals surface area contributed by atoms with Gasteiger partial charge in [-0.3, -0.25) is 4.79 Å². The molecule has 2 aliphatic rings. The van der Waals surface area contributed by atoms with Crippen molar-refractivity contribution < 1.29 is 41.4 Å². The number of carbonyl (C=O) groups excluding carboxylic acids is 1. The summed E-state index contributed by atoms with van der Waals surface area (Å²) in [6.45, 7) is 3.57. The van der Waals surface area contributed by atoms with Crippen molar-refractivity contribution in [1.29, 1.82) is 0 Å². The van der Waals surface area contributed by atoms with Gasteiger partial charge in [-0.15, -0.1) is 0 Å². The number of carbonyl (C=O) groups is 2. The van der Waals surface area contributed by atoms with Crippen LogP contribution in [0.3, 0.4) is 0 Å². The number of nitrogens with zero attached hydrogens (tertiary/aromatic N) is 3. The van der Waals surface area contributed by atoms with Gasteiger partial charge in [0.15, 0.2) is 5.82 Å². The van der Waals surface area contributed by atoms with Crippen molar-refractivity contribution in [2.45, 2.75) is 44.0 Å². The molecule has 2 N–H and O–H groups in total. The smallest absolute Gasteiger partial charge is 0.475 e. The number of carboxylic acids is 1. The maximum atomic E-state index is 12.9. The molecule has 0 radical (unpaired) electrons. The molecular weight excluding hydrogens is 452 g/mol. The van der Waals surface area contributed by atoms with Crippen molar-refractivity contribution in [3.8, 4) is 0 Å². The fraction of sp³-hybridized carbons (Fsp3) is 0.500. The number of carboxylic acid groups (broad SMARTS) is 1. The zero-order chi connectivity index (χ0) is 24.2. The summed E-state index contributed by atoms with van der Waals surface area (Å²) in [5.74, 6) is -2.22. The van der Waals surface area contributed by atoms with Crippen LogP contribution in [0.2, 0.25) is 0 Å². The zero-order valence-corrected chi connectivity index (χ0v) is 17.6. The van der Waals surface area contributed by atoms with Gasteiger partial charge in [0.25, 0.3) is 5.91 Å². The van der Waals surface area contributed by atoms with Crippen LogP contribution in [0.25, 0.3) is 0 Å². The molecule has 4 rings (SSSR count). The van der Waals surface area contributed by atoms with Gasteiger partial charge in [-0.25, -0.2) is 19.2 Å². The number of aryl methyl sites for hydroxylation is 1. The topological polar surface area (TPSA) is 118 Å². The molecule has 0 aromatic carbocycles. The van der Waals surface area contributed by atoms with Crippen LogP contribution < -0.4 is 5.32 Å². The van der Waals surface area contributed by atoms with Gasteiger partial charge in [0.05, 0.1) is 49.0 Å². The number of piperidine rings is 1. The minimum atomic E-state index is -5.08. The van der Waals surface area contributed by atoms with E-state index in [1.165, 1.54) is 6.26 Å². The molecule has 9 nitrogen and oxygen atoms in total. The van der Waals surface area contributed by atoms with Crippen molar-refractivity contribution >= 4 is 17.8 Å². The van der Waals surface area contributed by atoms with Crippen LogP contribution >= 0.6 is 0 Å². The van der Waals surface area contributed by atoms with E-state index in [1.54, 1.807) is 13.0 Å². The van der Waals surface area contributed by atoms with Gasteiger partial charge < -0.3 is 24.5 Å². The molecule has 2 fully saturated rings.